The highest BCUT2D eigenvalue weighted by Crippen LogP contribution is 2.18. The number of aliphatic imine (C=N–C) groups is 1. The fourth-order valence-electron chi connectivity index (χ4n) is 1.48. The summed E-state index contributed by atoms with van der Waals surface area (Å²) in [5, 5.41) is 14.7. The minimum absolute atomic E-state index is 0.555. The Hall–Kier alpha value is -1.59. The maximum Gasteiger partial charge on any atom is 0.191 e. The van der Waals surface area contributed by atoms with E-state index in [1.54, 1.807) is 0 Å². The molecule has 94 valence electrons. The number of hydrogen-bond acceptors (Lipinski definition) is 3. The molecule has 0 amide bonds. The molecule has 17 heavy (non-hydrogen) atoms. The first-order valence-electron chi connectivity index (χ1n) is 6.10. The van der Waals surface area contributed by atoms with Crippen LogP contribution >= 0.6 is 0 Å². The van der Waals surface area contributed by atoms with E-state index in [1.807, 2.05) is 18.5 Å². The molecule has 0 aliphatic heterocycles. The van der Waals surface area contributed by atoms with Gasteiger partial charge in [0.25, 0.3) is 0 Å². The summed E-state index contributed by atoms with van der Waals surface area (Å²) in [5.41, 5.74) is 0. The third-order valence-electron chi connectivity index (χ3n) is 2.82. The van der Waals surface area contributed by atoms with Gasteiger partial charge in [-0.3, -0.25) is 0 Å². The molecule has 0 atom stereocenters. The van der Waals surface area contributed by atoms with Crippen LogP contribution in [0.5, 0.6) is 0 Å². The van der Waals surface area contributed by atoms with Gasteiger partial charge in [-0.25, -0.2) is 4.99 Å². The van der Waals surface area contributed by atoms with E-state index < -0.39 is 0 Å². The second-order valence-corrected chi connectivity index (χ2v) is 4.34. The predicted octanol–water partition coefficient (Wildman–Crippen LogP) is 0.341. The van der Waals surface area contributed by atoms with E-state index in [0.29, 0.717) is 12.6 Å². The van der Waals surface area contributed by atoms with Gasteiger partial charge in [0.1, 0.15) is 12.4 Å². The van der Waals surface area contributed by atoms with Crippen molar-refractivity contribution in [3.63, 3.8) is 0 Å². The van der Waals surface area contributed by atoms with Gasteiger partial charge in [-0.05, 0) is 26.7 Å². The molecule has 0 spiro atoms. The topological polar surface area (TPSA) is 67.1 Å². The maximum atomic E-state index is 4.51. The van der Waals surface area contributed by atoms with Gasteiger partial charge in [-0.2, -0.15) is 0 Å². The SMILES string of the molecule is CCNC(=NCc1nnc(C)n1C)NC1CC1. The Labute approximate surface area is 102 Å². The largest absolute Gasteiger partial charge is 0.357 e. The zero-order valence-corrected chi connectivity index (χ0v) is 10.7. The monoisotopic (exact) mass is 236 g/mol. The molecule has 1 aromatic rings. The number of nitrogens with one attached hydrogen (secondary N) is 2. The fourth-order valence-corrected chi connectivity index (χ4v) is 1.48. The van der Waals surface area contributed by atoms with Crippen LogP contribution in [0.3, 0.4) is 0 Å². The molecule has 1 saturated carbocycles. The smallest absolute Gasteiger partial charge is 0.191 e. The molecule has 6 nitrogen and oxygen atoms in total. The maximum absolute atomic E-state index is 4.51. The van der Waals surface area contributed by atoms with E-state index >= 15 is 0 Å². The van der Waals surface area contributed by atoms with Crippen molar-refractivity contribution in [2.24, 2.45) is 12.0 Å². The van der Waals surface area contributed by atoms with Crippen LogP contribution in [-0.4, -0.2) is 33.3 Å². The van der Waals surface area contributed by atoms with E-state index in [-0.39, 0.29) is 0 Å². The van der Waals surface area contributed by atoms with Crippen molar-refractivity contribution in [1.82, 2.24) is 25.4 Å². The molecule has 1 fully saturated rings. The van der Waals surface area contributed by atoms with Crippen molar-refractivity contribution in [3.05, 3.63) is 11.6 Å². The molecule has 1 aliphatic carbocycles. The molecule has 2 N–H and O–H groups in total. The van der Waals surface area contributed by atoms with Crippen LogP contribution < -0.4 is 10.6 Å². The summed E-state index contributed by atoms with van der Waals surface area (Å²) >= 11 is 0. The van der Waals surface area contributed by atoms with Crippen molar-refractivity contribution in [1.29, 1.82) is 0 Å². The van der Waals surface area contributed by atoms with Crippen molar-refractivity contribution in [2.45, 2.75) is 39.3 Å². The van der Waals surface area contributed by atoms with E-state index in [1.165, 1.54) is 12.8 Å². The van der Waals surface area contributed by atoms with Gasteiger partial charge in [-0.15, -0.1) is 10.2 Å². The quantitative estimate of drug-likeness (QED) is 0.584. The van der Waals surface area contributed by atoms with Gasteiger partial charge < -0.3 is 15.2 Å². The molecule has 1 aliphatic rings. The third kappa shape index (κ3) is 3.18. The standard InChI is InChI=1S/C11H20N6/c1-4-12-11(14-9-5-6-9)13-7-10-16-15-8(2)17(10)3/h9H,4-7H2,1-3H3,(H2,12,13,14). The van der Waals surface area contributed by atoms with E-state index in [2.05, 4.69) is 32.7 Å². The van der Waals surface area contributed by atoms with Crippen LogP contribution in [0.4, 0.5) is 0 Å². The Balaban J connectivity index is 1.97. The minimum atomic E-state index is 0.555. The summed E-state index contributed by atoms with van der Waals surface area (Å²) in [5.74, 6) is 2.67. The lowest BCUT2D eigenvalue weighted by molar-refractivity contribution is 0.755. The molecule has 2 rings (SSSR count). The molecular weight excluding hydrogens is 216 g/mol. The normalized spacial score (nSPS) is 16.1. The summed E-state index contributed by atoms with van der Waals surface area (Å²) < 4.78 is 1.96. The van der Waals surface area contributed by atoms with Gasteiger partial charge in [0.05, 0.1) is 0 Å². The lowest BCUT2D eigenvalue weighted by Gasteiger charge is -2.09. The highest BCUT2D eigenvalue weighted by molar-refractivity contribution is 5.80. The third-order valence-corrected chi connectivity index (χ3v) is 2.82. The summed E-state index contributed by atoms with van der Waals surface area (Å²) in [4.78, 5) is 4.51. The first kappa shape index (κ1) is 11.9. The number of nitrogens with zero attached hydrogens (tertiary/aromatic N) is 4. The average molecular weight is 236 g/mol. The highest BCUT2D eigenvalue weighted by atomic mass is 15.3. The molecule has 0 saturated heterocycles. The van der Waals surface area contributed by atoms with Gasteiger partial charge in [0, 0.05) is 19.6 Å². The summed E-state index contributed by atoms with van der Waals surface area (Å²) in [6.07, 6.45) is 2.49. The lowest BCUT2D eigenvalue weighted by Crippen LogP contribution is -2.38. The number of rotatable bonds is 4. The second kappa shape index (κ2) is 5.16. The Morgan fingerprint density at radius 3 is 2.76 bits per heavy atom. The molecule has 6 heteroatoms. The van der Waals surface area contributed by atoms with Gasteiger partial charge in [0.2, 0.25) is 0 Å². The van der Waals surface area contributed by atoms with Crippen molar-refractivity contribution in [3.8, 4) is 0 Å². The van der Waals surface area contributed by atoms with Crippen molar-refractivity contribution in [2.75, 3.05) is 6.54 Å². The zero-order chi connectivity index (χ0) is 12.3. The van der Waals surface area contributed by atoms with Crippen LogP contribution in [0.15, 0.2) is 4.99 Å². The molecule has 0 unspecified atom stereocenters. The van der Waals surface area contributed by atoms with Crippen molar-refractivity contribution >= 4 is 5.96 Å². The number of guanidine groups is 1. The van der Waals surface area contributed by atoms with Crippen LogP contribution in [-0.2, 0) is 13.6 Å². The van der Waals surface area contributed by atoms with E-state index in [9.17, 15) is 0 Å². The first-order chi connectivity index (χ1) is 8.20. The first-order valence-corrected chi connectivity index (χ1v) is 6.10. The van der Waals surface area contributed by atoms with Crippen LogP contribution in [0, 0.1) is 6.92 Å². The fraction of sp³-hybridized carbons (Fsp3) is 0.727. The van der Waals surface area contributed by atoms with E-state index in [4.69, 9.17) is 0 Å². The Bertz CT molecular complexity index is 404. The van der Waals surface area contributed by atoms with Crippen molar-refractivity contribution < 1.29 is 0 Å². The Kier molecular flexibility index (Phi) is 3.61. The summed E-state index contributed by atoms with van der Waals surface area (Å²) in [6, 6.07) is 0.606. The van der Waals surface area contributed by atoms with Gasteiger partial charge in [-0.1, -0.05) is 0 Å². The molecular formula is C11H20N6. The van der Waals surface area contributed by atoms with Crippen LogP contribution in [0.25, 0.3) is 0 Å². The number of aryl methyl sites for hydroxylation is 1. The lowest BCUT2D eigenvalue weighted by atomic mass is 10.5. The molecule has 1 aromatic heterocycles. The van der Waals surface area contributed by atoms with Gasteiger partial charge in [0.15, 0.2) is 11.8 Å². The van der Waals surface area contributed by atoms with Gasteiger partial charge >= 0.3 is 0 Å². The number of aromatic nitrogens is 3. The van der Waals surface area contributed by atoms with Crippen LogP contribution in [0.2, 0.25) is 0 Å². The highest BCUT2D eigenvalue weighted by Gasteiger charge is 2.22. The molecule has 0 aromatic carbocycles. The van der Waals surface area contributed by atoms with Crippen LogP contribution in [0.1, 0.15) is 31.4 Å². The molecule has 0 bridgehead atoms. The molecule has 1 heterocycles. The molecule has 0 radical (unpaired) electrons. The zero-order valence-electron chi connectivity index (χ0n) is 10.7. The predicted molar refractivity (Wildman–Crippen MR) is 66.7 cm³/mol. The Morgan fingerprint density at radius 2 is 2.24 bits per heavy atom. The Morgan fingerprint density at radius 1 is 1.47 bits per heavy atom. The summed E-state index contributed by atoms with van der Waals surface area (Å²) in [6.45, 7) is 5.43. The average Bonchev–Trinajstić information content (AvgIpc) is 3.06. The van der Waals surface area contributed by atoms with E-state index in [0.717, 1.165) is 24.2 Å². The minimum Gasteiger partial charge on any atom is -0.357 e. The second-order valence-electron chi connectivity index (χ2n) is 4.34. The summed E-state index contributed by atoms with van der Waals surface area (Å²) in [7, 11) is 1.96. The number of hydrogen-bond donors (Lipinski definition) is 2.